The molecule has 1 aromatic heterocycles. The Labute approximate surface area is 151 Å². The highest BCUT2D eigenvalue weighted by Crippen LogP contribution is 2.34. The van der Waals surface area contributed by atoms with E-state index < -0.39 is 16.6 Å². The molecule has 0 spiro atoms. The standard InChI is InChI=1S/C17H22N4O5/c1-17(2,3)26-16(23)20-11-4-5-13(20)10-19(15(22)8-11)12-6-7-14(18-9-12)21(24)25/h6-7,9,11,13H,4-5,8,10H2,1-3H3. The van der Waals surface area contributed by atoms with Crippen LogP contribution in [0.1, 0.15) is 40.0 Å². The van der Waals surface area contributed by atoms with Crippen molar-refractivity contribution in [2.45, 2.75) is 57.7 Å². The minimum Gasteiger partial charge on any atom is -0.444 e. The quantitative estimate of drug-likeness (QED) is 0.591. The number of nitrogens with zero attached hydrogens (tertiary/aromatic N) is 4. The predicted molar refractivity (Wildman–Crippen MR) is 92.7 cm³/mol. The van der Waals surface area contributed by atoms with Gasteiger partial charge >= 0.3 is 11.9 Å². The minimum absolute atomic E-state index is 0.124. The van der Waals surface area contributed by atoms with E-state index in [9.17, 15) is 19.7 Å². The molecule has 3 heterocycles. The first kappa shape index (κ1) is 18.1. The molecule has 0 aliphatic carbocycles. The van der Waals surface area contributed by atoms with Gasteiger partial charge in [0.15, 0.2) is 6.20 Å². The average Bonchev–Trinajstić information content (AvgIpc) is 2.85. The number of amides is 2. The summed E-state index contributed by atoms with van der Waals surface area (Å²) >= 11 is 0. The third kappa shape index (κ3) is 3.61. The number of rotatable bonds is 2. The van der Waals surface area contributed by atoms with Crippen LogP contribution < -0.4 is 4.90 Å². The molecule has 2 bridgehead atoms. The molecule has 2 amide bonds. The van der Waals surface area contributed by atoms with E-state index >= 15 is 0 Å². The maximum Gasteiger partial charge on any atom is 0.410 e. The Bertz CT molecular complexity index is 728. The van der Waals surface area contributed by atoms with Crippen LogP contribution >= 0.6 is 0 Å². The highest BCUT2D eigenvalue weighted by Gasteiger charge is 2.44. The molecule has 3 rings (SSSR count). The van der Waals surface area contributed by atoms with Crippen molar-refractivity contribution in [1.29, 1.82) is 0 Å². The summed E-state index contributed by atoms with van der Waals surface area (Å²) in [6.07, 6.45) is 2.68. The van der Waals surface area contributed by atoms with Crippen LogP contribution in [-0.4, -0.2) is 51.0 Å². The summed E-state index contributed by atoms with van der Waals surface area (Å²) < 4.78 is 5.50. The van der Waals surface area contributed by atoms with E-state index in [1.54, 1.807) is 9.80 Å². The van der Waals surface area contributed by atoms with Gasteiger partial charge in [0, 0.05) is 25.1 Å². The number of ether oxygens (including phenoxy) is 1. The van der Waals surface area contributed by atoms with E-state index in [0.29, 0.717) is 12.2 Å². The molecule has 1 aromatic rings. The van der Waals surface area contributed by atoms with Crippen molar-refractivity contribution >= 4 is 23.5 Å². The van der Waals surface area contributed by atoms with Crippen molar-refractivity contribution in [2.24, 2.45) is 0 Å². The average molecular weight is 362 g/mol. The number of anilines is 1. The van der Waals surface area contributed by atoms with Gasteiger partial charge in [-0.3, -0.25) is 9.69 Å². The molecule has 0 N–H and O–H groups in total. The molecule has 2 saturated heterocycles. The second-order valence-electron chi connectivity index (χ2n) is 7.61. The Hall–Kier alpha value is -2.71. The SMILES string of the molecule is CC(C)(C)OC(=O)N1C2CCC1CN(c1ccc([N+](=O)[O-])nc1)C(=O)C2. The summed E-state index contributed by atoms with van der Waals surface area (Å²) in [6, 6.07) is 2.46. The maximum absolute atomic E-state index is 12.7. The predicted octanol–water partition coefficient (Wildman–Crippen LogP) is 2.49. The second kappa shape index (κ2) is 6.54. The lowest BCUT2D eigenvalue weighted by molar-refractivity contribution is -0.389. The van der Waals surface area contributed by atoms with Crippen LogP contribution in [0.25, 0.3) is 0 Å². The molecule has 9 nitrogen and oxygen atoms in total. The van der Waals surface area contributed by atoms with Crippen LogP contribution in [0.4, 0.5) is 16.3 Å². The molecule has 140 valence electrons. The summed E-state index contributed by atoms with van der Waals surface area (Å²) in [5.74, 6) is -0.394. The number of pyridine rings is 1. The lowest BCUT2D eigenvalue weighted by atomic mass is 10.1. The van der Waals surface area contributed by atoms with E-state index in [4.69, 9.17) is 4.74 Å². The monoisotopic (exact) mass is 362 g/mol. The Morgan fingerprint density at radius 1 is 1.31 bits per heavy atom. The van der Waals surface area contributed by atoms with E-state index in [-0.39, 0.29) is 30.2 Å². The first-order valence-corrected chi connectivity index (χ1v) is 8.58. The van der Waals surface area contributed by atoms with Gasteiger partial charge in [-0.05, 0) is 49.6 Å². The molecular formula is C17H22N4O5. The first-order valence-electron chi connectivity index (χ1n) is 8.58. The number of hydrogen-bond donors (Lipinski definition) is 0. The topological polar surface area (TPSA) is 106 Å². The van der Waals surface area contributed by atoms with Gasteiger partial charge in [-0.25, -0.2) is 4.79 Å². The van der Waals surface area contributed by atoms with Gasteiger partial charge < -0.3 is 19.8 Å². The number of fused-ring (bicyclic) bond motifs is 2. The number of aromatic nitrogens is 1. The van der Waals surface area contributed by atoms with Gasteiger partial charge in [-0.15, -0.1) is 0 Å². The van der Waals surface area contributed by atoms with Crippen LogP contribution in [0.2, 0.25) is 0 Å². The van der Waals surface area contributed by atoms with Gasteiger partial charge in [0.05, 0.1) is 11.7 Å². The molecule has 2 atom stereocenters. The zero-order chi connectivity index (χ0) is 19.1. The van der Waals surface area contributed by atoms with Gasteiger partial charge in [0.2, 0.25) is 5.91 Å². The molecule has 2 aliphatic rings. The van der Waals surface area contributed by atoms with Crippen molar-refractivity contribution in [3.8, 4) is 0 Å². The lowest BCUT2D eigenvalue weighted by Gasteiger charge is -2.31. The zero-order valence-electron chi connectivity index (χ0n) is 15.0. The number of carbonyl (C=O) groups is 2. The molecule has 0 aromatic carbocycles. The van der Waals surface area contributed by atoms with Crippen LogP contribution in [0, 0.1) is 10.1 Å². The molecule has 0 saturated carbocycles. The van der Waals surface area contributed by atoms with Gasteiger partial charge in [0.1, 0.15) is 5.60 Å². The molecule has 2 unspecified atom stereocenters. The molecule has 2 fully saturated rings. The van der Waals surface area contributed by atoms with E-state index in [1.165, 1.54) is 18.3 Å². The number of carbonyl (C=O) groups excluding carboxylic acids is 2. The smallest absolute Gasteiger partial charge is 0.410 e. The largest absolute Gasteiger partial charge is 0.444 e. The highest BCUT2D eigenvalue weighted by atomic mass is 16.6. The summed E-state index contributed by atoms with van der Waals surface area (Å²) in [5.41, 5.74) is -0.105. The van der Waals surface area contributed by atoms with Crippen molar-refractivity contribution < 1.29 is 19.2 Å². The number of hydrogen-bond acceptors (Lipinski definition) is 6. The normalized spacial score (nSPS) is 23.0. The summed E-state index contributed by atoms with van der Waals surface area (Å²) in [4.78, 5) is 42.4. The molecule has 26 heavy (non-hydrogen) atoms. The van der Waals surface area contributed by atoms with E-state index in [1.807, 2.05) is 20.8 Å². The van der Waals surface area contributed by atoms with Crippen LogP contribution in [0.5, 0.6) is 0 Å². The third-order valence-electron chi connectivity index (χ3n) is 4.56. The lowest BCUT2D eigenvalue weighted by Crippen LogP contribution is -2.45. The Morgan fingerprint density at radius 3 is 2.58 bits per heavy atom. The summed E-state index contributed by atoms with van der Waals surface area (Å²) in [5, 5.41) is 10.7. The van der Waals surface area contributed by atoms with Crippen LogP contribution in [-0.2, 0) is 9.53 Å². The fraction of sp³-hybridized carbons (Fsp3) is 0.588. The van der Waals surface area contributed by atoms with Crippen molar-refractivity contribution in [1.82, 2.24) is 9.88 Å². The van der Waals surface area contributed by atoms with Crippen molar-refractivity contribution in [3.05, 3.63) is 28.4 Å². The molecule has 9 heteroatoms. The van der Waals surface area contributed by atoms with Crippen LogP contribution in [0.3, 0.4) is 0 Å². The molecule has 0 radical (unpaired) electrons. The number of nitro groups is 1. The zero-order valence-corrected chi connectivity index (χ0v) is 15.0. The minimum atomic E-state index is -0.602. The Balaban J connectivity index is 1.81. The van der Waals surface area contributed by atoms with E-state index in [2.05, 4.69) is 4.98 Å². The van der Waals surface area contributed by atoms with Crippen molar-refractivity contribution in [3.63, 3.8) is 0 Å². The van der Waals surface area contributed by atoms with Gasteiger partial charge in [-0.1, -0.05) is 0 Å². The first-order chi connectivity index (χ1) is 12.2. The fourth-order valence-electron chi connectivity index (χ4n) is 3.47. The molecule has 2 aliphatic heterocycles. The Morgan fingerprint density at radius 2 is 2.00 bits per heavy atom. The van der Waals surface area contributed by atoms with Crippen molar-refractivity contribution in [2.75, 3.05) is 11.4 Å². The molecular weight excluding hydrogens is 340 g/mol. The summed E-state index contributed by atoms with van der Waals surface area (Å²) in [7, 11) is 0. The Kier molecular flexibility index (Phi) is 4.55. The maximum atomic E-state index is 12.7. The van der Waals surface area contributed by atoms with Gasteiger partial charge in [-0.2, -0.15) is 0 Å². The second-order valence-corrected chi connectivity index (χ2v) is 7.61. The van der Waals surface area contributed by atoms with Gasteiger partial charge in [0.25, 0.3) is 0 Å². The third-order valence-corrected chi connectivity index (χ3v) is 4.56. The van der Waals surface area contributed by atoms with Crippen LogP contribution in [0.15, 0.2) is 18.3 Å². The fourth-order valence-corrected chi connectivity index (χ4v) is 3.47. The highest BCUT2D eigenvalue weighted by molar-refractivity contribution is 5.94. The summed E-state index contributed by atoms with van der Waals surface area (Å²) in [6.45, 7) is 5.76. The van der Waals surface area contributed by atoms with E-state index in [0.717, 1.165) is 12.8 Å².